The van der Waals surface area contributed by atoms with Crippen molar-refractivity contribution in [3.05, 3.63) is 40.7 Å². The lowest BCUT2D eigenvalue weighted by Crippen LogP contribution is -2.35. The van der Waals surface area contributed by atoms with Crippen LogP contribution < -0.4 is 5.32 Å². The second-order valence-electron chi connectivity index (χ2n) is 5.95. The van der Waals surface area contributed by atoms with Gasteiger partial charge in [0.15, 0.2) is 0 Å². The zero-order chi connectivity index (χ0) is 16.1. The average molecular weight is 330 g/mol. The summed E-state index contributed by atoms with van der Waals surface area (Å²) in [6.07, 6.45) is 1.95. The fourth-order valence-electron chi connectivity index (χ4n) is 2.89. The monoisotopic (exact) mass is 330 g/mol. The van der Waals surface area contributed by atoms with Crippen molar-refractivity contribution in [2.45, 2.75) is 26.3 Å². The van der Waals surface area contributed by atoms with Crippen LogP contribution in [0.15, 0.2) is 35.7 Å². The number of hydrogen-bond acceptors (Lipinski definition) is 4. The van der Waals surface area contributed by atoms with Gasteiger partial charge >= 0.3 is 0 Å². The Kier molecular flexibility index (Phi) is 5.41. The molecule has 1 N–H and O–H groups in total. The Morgan fingerprint density at radius 3 is 2.83 bits per heavy atom. The van der Waals surface area contributed by atoms with Crippen LogP contribution in [-0.2, 0) is 16.1 Å². The van der Waals surface area contributed by atoms with Crippen molar-refractivity contribution in [3.63, 3.8) is 0 Å². The molecule has 0 bridgehead atoms. The highest BCUT2D eigenvalue weighted by Crippen LogP contribution is 2.24. The van der Waals surface area contributed by atoms with Crippen LogP contribution in [0.25, 0.3) is 11.3 Å². The molecule has 1 aliphatic rings. The Labute approximate surface area is 140 Å². The Morgan fingerprint density at radius 1 is 1.35 bits per heavy atom. The van der Waals surface area contributed by atoms with E-state index in [-0.39, 0.29) is 11.8 Å². The first kappa shape index (κ1) is 16.1. The van der Waals surface area contributed by atoms with Crippen LogP contribution in [0.4, 0.5) is 0 Å². The van der Waals surface area contributed by atoms with Crippen LogP contribution in [0.5, 0.6) is 0 Å². The third-order valence-electron chi connectivity index (χ3n) is 4.42. The number of benzene rings is 1. The van der Waals surface area contributed by atoms with Gasteiger partial charge in [0, 0.05) is 30.1 Å². The standard InChI is InChI=1S/C18H22N2O2S/c1-13(14-7-9-22-10-8-14)18(21)19-11-17-20-16(12-23-17)15-5-3-2-4-6-15/h2-6,12-14H,7-11H2,1H3,(H,19,21). The summed E-state index contributed by atoms with van der Waals surface area (Å²) in [4.78, 5) is 16.9. The second kappa shape index (κ2) is 7.70. The molecule has 2 heterocycles. The Balaban J connectivity index is 1.54. The minimum absolute atomic E-state index is 0.0347. The molecule has 4 nitrogen and oxygen atoms in total. The number of amides is 1. The molecule has 1 aliphatic heterocycles. The summed E-state index contributed by atoms with van der Waals surface area (Å²) < 4.78 is 5.36. The highest BCUT2D eigenvalue weighted by molar-refractivity contribution is 7.09. The summed E-state index contributed by atoms with van der Waals surface area (Å²) in [7, 11) is 0. The fourth-order valence-corrected chi connectivity index (χ4v) is 3.63. The van der Waals surface area contributed by atoms with Gasteiger partial charge in [0.2, 0.25) is 5.91 Å². The molecule has 2 aromatic rings. The zero-order valence-corrected chi connectivity index (χ0v) is 14.1. The minimum atomic E-state index is 0.0347. The van der Waals surface area contributed by atoms with Crippen molar-refractivity contribution in [2.75, 3.05) is 13.2 Å². The summed E-state index contributed by atoms with van der Waals surface area (Å²) in [6.45, 7) is 4.07. The molecule has 3 rings (SSSR count). The van der Waals surface area contributed by atoms with E-state index < -0.39 is 0 Å². The van der Waals surface area contributed by atoms with E-state index in [9.17, 15) is 4.79 Å². The molecule has 23 heavy (non-hydrogen) atoms. The molecule has 1 aromatic carbocycles. The topological polar surface area (TPSA) is 51.2 Å². The molecule has 1 aromatic heterocycles. The maximum atomic E-state index is 12.3. The third kappa shape index (κ3) is 4.18. The number of carbonyl (C=O) groups excluding carboxylic acids is 1. The zero-order valence-electron chi connectivity index (χ0n) is 13.3. The normalized spacial score (nSPS) is 16.9. The molecular weight excluding hydrogens is 308 g/mol. The lowest BCUT2D eigenvalue weighted by molar-refractivity contribution is -0.127. The first-order valence-corrected chi connectivity index (χ1v) is 8.97. The number of rotatable bonds is 5. The summed E-state index contributed by atoms with van der Waals surface area (Å²) in [5.41, 5.74) is 2.08. The van der Waals surface area contributed by atoms with Crippen molar-refractivity contribution >= 4 is 17.2 Å². The minimum Gasteiger partial charge on any atom is -0.381 e. The predicted molar refractivity (Wildman–Crippen MR) is 92.1 cm³/mol. The maximum absolute atomic E-state index is 12.3. The van der Waals surface area contributed by atoms with Crippen molar-refractivity contribution in [2.24, 2.45) is 11.8 Å². The molecule has 1 amide bonds. The van der Waals surface area contributed by atoms with E-state index in [1.54, 1.807) is 11.3 Å². The van der Waals surface area contributed by atoms with Gasteiger partial charge in [-0.05, 0) is 18.8 Å². The Bertz CT molecular complexity index is 635. The van der Waals surface area contributed by atoms with Crippen LogP contribution in [0, 0.1) is 11.8 Å². The molecule has 0 spiro atoms. The highest BCUT2D eigenvalue weighted by atomic mass is 32.1. The van der Waals surface area contributed by atoms with Crippen molar-refractivity contribution in [1.29, 1.82) is 0 Å². The van der Waals surface area contributed by atoms with E-state index in [1.165, 1.54) is 0 Å². The quantitative estimate of drug-likeness (QED) is 0.913. The van der Waals surface area contributed by atoms with Crippen molar-refractivity contribution in [3.8, 4) is 11.3 Å². The Hall–Kier alpha value is -1.72. The molecule has 0 saturated carbocycles. The molecule has 0 aliphatic carbocycles. The van der Waals surface area contributed by atoms with E-state index in [2.05, 4.69) is 10.3 Å². The number of thiazole rings is 1. The maximum Gasteiger partial charge on any atom is 0.223 e. The number of aromatic nitrogens is 1. The molecule has 1 atom stereocenters. The van der Waals surface area contributed by atoms with Crippen LogP contribution >= 0.6 is 11.3 Å². The number of nitrogens with zero attached hydrogens (tertiary/aromatic N) is 1. The van der Waals surface area contributed by atoms with E-state index in [1.807, 2.05) is 42.6 Å². The van der Waals surface area contributed by atoms with Crippen molar-refractivity contribution < 1.29 is 9.53 Å². The summed E-state index contributed by atoms with van der Waals surface area (Å²) in [5, 5.41) is 6.01. The molecule has 1 fully saturated rings. The molecule has 122 valence electrons. The summed E-state index contributed by atoms with van der Waals surface area (Å²) >= 11 is 1.59. The molecule has 1 unspecified atom stereocenters. The highest BCUT2D eigenvalue weighted by Gasteiger charge is 2.25. The molecule has 5 heteroatoms. The fraction of sp³-hybridized carbons (Fsp3) is 0.444. The molecule has 1 saturated heterocycles. The van der Waals surface area contributed by atoms with Gasteiger partial charge in [0.25, 0.3) is 0 Å². The lowest BCUT2D eigenvalue weighted by atomic mass is 9.87. The van der Waals surface area contributed by atoms with Gasteiger partial charge in [-0.2, -0.15) is 0 Å². The summed E-state index contributed by atoms with van der Waals surface area (Å²) in [6, 6.07) is 10.1. The van der Waals surface area contributed by atoms with Gasteiger partial charge in [-0.1, -0.05) is 37.3 Å². The average Bonchev–Trinajstić information content (AvgIpc) is 3.09. The van der Waals surface area contributed by atoms with E-state index in [0.717, 1.165) is 42.3 Å². The van der Waals surface area contributed by atoms with Crippen molar-refractivity contribution in [1.82, 2.24) is 10.3 Å². The smallest absolute Gasteiger partial charge is 0.223 e. The van der Waals surface area contributed by atoms with Gasteiger partial charge in [-0.3, -0.25) is 4.79 Å². The van der Waals surface area contributed by atoms with Crippen LogP contribution in [-0.4, -0.2) is 24.1 Å². The first-order chi connectivity index (χ1) is 11.2. The Morgan fingerprint density at radius 2 is 2.09 bits per heavy atom. The number of ether oxygens (including phenoxy) is 1. The van der Waals surface area contributed by atoms with Gasteiger partial charge in [-0.15, -0.1) is 11.3 Å². The van der Waals surface area contributed by atoms with Crippen LogP contribution in [0.1, 0.15) is 24.8 Å². The predicted octanol–water partition coefficient (Wildman–Crippen LogP) is 3.49. The van der Waals surface area contributed by atoms with Crippen LogP contribution in [0.3, 0.4) is 0 Å². The number of carbonyl (C=O) groups is 1. The lowest BCUT2D eigenvalue weighted by Gasteiger charge is -2.26. The van der Waals surface area contributed by atoms with Crippen LogP contribution in [0.2, 0.25) is 0 Å². The number of hydrogen-bond donors (Lipinski definition) is 1. The molecule has 0 radical (unpaired) electrons. The number of nitrogens with one attached hydrogen (secondary N) is 1. The van der Waals surface area contributed by atoms with E-state index >= 15 is 0 Å². The van der Waals surface area contributed by atoms with Gasteiger partial charge in [0.1, 0.15) is 5.01 Å². The second-order valence-corrected chi connectivity index (χ2v) is 6.89. The van der Waals surface area contributed by atoms with E-state index in [0.29, 0.717) is 12.5 Å². The summed E-state index contributed by atoms with van der Waals surface area (Å²) in [5.74, 6) is 0.584. The molecular formula is C18H22N2O2S. The first-order valence-electron chi connectivity index (χ1n) is 8.09. The van der Waals surface area contributed by atoms with Gasteiger partial charge < -0.3 is 10.1 Å². The SMILES string of the molecule is CC(C(=O)NCc1nc(-c2ccccc2)cs1)C1CCOCC1. The van der Waals surface area contributed by atoms with Gasteiger partial charge in [-0.25, -0.2) is 4.98 Å². The third-order valence-corrected chi connectivity index (χ3v) is 5.27. The van der Waals surface area contributed by atoms with Gasteiger partial charge in [0.05, 0.1) is 12.2 Å². The largest absolute Gasteiger partial charge is 0.381 e. The van der Waals surface area contributed by atoms with E-state index in [4.69, 9.17) is 4.74 Å².